The van der Waals surface area contributed by atoms with Crippen molar-refractivity contribution in [1.82, 2.24) is 10.6 Å². The number of hydrogen-bond acceptors (Lipinski definition) is 4. The number of nitrogens with one attached hydrogen (secondary N) is 2. The first-order valence-corrected chi connectivity index (χ1v) is 7.65. The van der Waals surface area contributed by atoms with E-state index in [4.69, 9.17) is 4.74 Å². The summed E-state index contributed by atoms with van der Waals surface area (Å²) in [6, 6.07) is 0.364. The normalized spacial score (nSPS) is 29.2. The summed E-state index contributed by atoms with van der Waals surface area (Å²) in [4.78, 5) is 11.7. The lowest BCUT2D eigenvalue weighted by Crippen LogP contribution is -2.41. The molecule has 0 aromatic carbocycles. The fourth-order valence-electron chi connectivity index (χ4n) is 2.27. The van der Waals surface area contributed by atoms with Crippen LogP contribution in [0.25, 0.3) is 0 Å². The van der Waals surface area contributed by atoms with Gasteiger partial charge in [-0.05, 0) is 18.8 Å². The van der Waals surface area contributed by atoms with Gasteiger partial charge in [-0.25, -0.2) is 0 Å². The fraction of sp³-hybridized carbons (Fsp3) is 0.917. The van der Waals surface area contributed by atoms with Crippen LogP contribution in [0, 0.1) is 5.92 Å². The van der Waals surface area contributed by atoms with Crippen LogP contribution in [0.3, 0.4) is 0 Å². The third kappa shape index (κ3) is 4.85. The minimum absolute atomic E-state index is 0.184. The van der Waals surface area contributed by atoms with E-state index in [1.54, 1.807) is 0 Å². The van der Waals surface area contributed by atoms with Gasteiger partial charge in [-0.2, -0.15) is 11.8 Å². The second-order valence-corrected chi connectivity index (χ2v) is 5.95. The Bertz CT molecular complexity index is 239. The van der Waals surface area contributed by atoms with E-state index in [1.165, 1.54) is 5.75 Å². The predicted molar refractivity (Wildman–Crippen MR) is 70.3 cm³/mol. The molecule has 17 heavy (non-hydrogen) atoms. The van der Waals surface area contributed by atoms with E-state index in [-0.39, 0.29) is 5.91 Å². The van der Waals surface area contributed by atoms with Crippen LogP contribution in [-0.4, -0.2) is 49.8 Å². The van der Waals surface area contributed by atoms with Gasteiger partial charge in [-0.1, -0.05) is 0 Å². The monoisotopic (exact) mass is 258 g/mol. The van der Waals surface area contributed by atoms with Gasteiger partial charge in [-0.3, -0.25) is 4.79 Å². The third-order valence-electron chi connectivity index (χ3n) is 3.33. The Labute approximate surface area is 107 Å². The van der Waals surface area contributed by atoms with Crippen LogP contribution in [-0.2, 0) is 9.53 Å². The molecule has 98 valence electrons. The zero-order chi connectivity index (χ0) is 11.9. The lowest BCUT2D eigenvalue weighted by atomic mass is 10.1. The Balaban J connectivity index is 1.53. The maximum atomic E-state index is 11.7. The van der Waals surface area contributed by atoms with Gasteiger partial charge in [0.2, 0.25) is 5.91 Å². The first kappa shape index (κ1) is 13.2. The van der Waals surface area contributed by atoms with Crippen molar-refractivity contribution in [2.24, 2.45) is 5.92 Å². The highest BCUT2D eigenvalue weighted by molar-refractivity contribution is 7.99. The van der Waals surface area contributed by atoms with Crippen molar-refractivity contribution in [3.63, 3.8) is 0 Å². The molecule has 0 aromatic heterocycles. The number of amides is 1. The topological polar surface area (TPSA) is 50.4 Å². The van der Waals surface area contributed by atoms with Gasteiger partial charge in [0.15, 0.2) is 0 Å². The molecule has 0 spiro atoms. The van der Waals surface area contributed by atoms with Crippen molar-refractivity contribution in [3.05, 3.63) is 0 Å². The van der Waals surface area contributed by atoms with Crippen LogP contribution >= 0.6 is 11.8 Å². The molecule has 0 aliphatic carbocycles. The minimum atomic E-state index is 0.184. The first-order valence-electron chi connectivity index (χ1n) is 6.50. The minimum Gasteiger partial charge on any atom is -0.381 e. The van der Waals surface area contributed by atoms with Crippen LogP contribution in [0.15, 0.2) is 0 Å². The Hall–Kier alpha value is -0.260. The molecule has 2 rings (SSSR count). The average Bonchev–Trinajstić information content (AvgIpc) is 2.83. The standard InChI is InChI=1S/C12H22N2O2S/c15-12(7-11-9-17-6-4-13-11)14-3-1-10-2-5-16-8-10/h10-11,13H,1-9H2,(H,14,15). The van der Waals surface area contributed by atoms with Crippen LogP contribution in [0.5, 0.6) is 0 Å². The molecule has 5 heteroatoms. The first-order chi connectivity index (χ1) is 8.34. The van der Waals surface area contributed by atoms with E-state index in [0.717, 1.165) is 44.9 Å². The van der Waals surface area contributed by atoms with E-state index in [1.807, 2.05) is 11.8 Å². The van der Waals surface area contributed by atoms with E-state index in [0.29, 0.717) is 18.4 Å². The molecule has 2 unspecified atom stereocenters. The van der Waals surface area contributed by atoms with Crippen molar-refractivity contribution in [3.8, 4) is 0 Å². The van der Waals surface area contributed by atoms with Gasteiger partial charge in [-0.15, -0.1) is 0 Å². The van der Waals surface area contributed by atoms with E-state index < -0.39 is 0 Å². The molecule has 2 fully saturated rings. The van der Waals surface area contributed by atoms with Crippen LogP contribution in [0.1, 0.15) is 19.3 Å². The van der Waals surface area contributed by atoms with Crippen molar-refractivity contribution < 1.29 is 9.53 Å². The van der Waals surface area contributed by atoms with Crippen molar-refractivity contribution in [2.75, 3.05) is 37.8 Å². The van der Waals surface area contributed by atoms with Gasteiger partial charge >= 0.3 is 0 Å². The van der Waals surface area contributed by atoms with Gasteiger partial charge in [0.25, 0.3) is 0 Å². The van der Waals surface area contributed by atoms with Gasteiger partial charge < -0.3 is 15.4 Å². The molecule has 2 atom stereocenters. The lowest BCUT2D eigenvalue weighted by molar-refractivity contribution is -0.121. The molecule has 2 heterocycles. The summed E-state index contributed by atoms with van der Waals surface area (Å²) in [6.45, 7) is 3.59. The average molecular weight is 258 g/mol. The fourth-order valence-corrected chi connectivity index (χ4v) is 3.22. The molecule has 2 N–H and O–H groups in total. The van der Waals surface area contributed by atoms with Gasteiger partial charge in [0.1, 0.15) is 0 Å². The quantitative estimate of drug-likeness (QED) is 0.759. The summed E-state index contributed by atoms with van der Waals surface area (Å²) in [5, 5.41) is 6.39. The number of thioether (sulfide) groups is 1. The summed E-state index contributed by atoms with van der Waals surface area (Å²) < 4.78 is 5.31. The summed E-state index contributed by atoms with van der Waals surface area (Å²) in [5.41, 5.74) is 0. The molecule has 1 amide bonds. The number of ether oxygens (including phenoxy) is 1. The molecule has 0 aromatic rings. The van der Waals surface area contributed by atoms with Crippen molar-refractivity contribution in [1.29, 1.82) is 0 Å². The van der Waals surface area contributed by atoms with Crippen molar-refractivity contribution in [2.45, 2.75) is 25.3 Å². The second-order valence-electron chi connectivity index (χ2n) is 4.80. The SMILES string of the molecule is O=C(CC1CSCCN1)NCCC1CCOC1. The van der Waals surface area contributed by atoms with Gasteiger partial charge in [0.05, 0.1) is 0 Å². The molecule has 2 aliphatic rings. The highest BCUT2D eigenvalue weighted by atomic mass is 32.2. The number of hydrogen-bond donors (Lipinski definition) is 2. The summed E-state index contributed by atoms with van der Waals surface area (Å²) >= 11 is 1.93. The molecule has 0 saturated carbocycles. The summed E-state index contributed by atoms with van der Waals surface area (Å²) in [7, 11) is 0. The molecule has 4 nitrogen and oxygen atoms in total. The van der Waals surface area contributed by atoms with Crippen LogP contribution in [0.4, 0.5) is 0 Å². The summed E-state index contributed by atoms with van der Waals surface area (Å²) in [5.74, 6) is 3.06. The smallest absolute Gasteiger partial charge is 0.221 e. The van der Waals surface area contributed by atoms with Crippen LogP contribution in [0.2, 0.25) is 0 Å². The number of carbonyl (C=O) groups excluding carboxylic acids is 1. The highest BCUT2D eigenvalue weighted by Crippen LogP contribution is 2.15. The molecule has 0 bridgehead atoms. The number of rotatable bonds is 5. The Morgan fingerprint density at radius 3 is 3.18 bits per heavy atom. The van der Waals surface area contributed by atoms with E-state index in [9.17, 15) is 4.79 Å². The second kappa shape index (κ2) is 7.24. The van der Waals surface area contributed by atoms with Crippen molar-refractivity contribution >= 4 is 17.7 Å². The Morgan fingerprint density at radius 1 is 1.53 bits per heavy atom. The zero-order valence-corrected chi connectivity index (χ0v) is 11.1. The lowest BCUT2D eigenvalue weighted by Gasteiger charge is -2.22. The summed E-state index contributed by atoms with van der Waals surface area (Å²) in [6.07, 6.45) is 2.82. The molecule has 0 radical (unpaired) electrons. The molecular formula is C12H22N2O2S. The number of carbonyl (C=O) groups is 1. The van der Waals surface area contributed by atoms with Crippen LogP contribution < -0.4 is 10.6 Å². The van der Waals surface area contributed by atoms with E-state index in [2.05, 4.69) is 10.6 Å². The van der Waals surface area contributed by atoms with Gasteiger partial charge in [0, 0.05) is 50.3 Å². The molecule has 2 saturated heterocycles. The molecule has 2 aliphatic heterocycles. The maximum absolute atomic E-state index is 11.7. The molecular weight excluding hydrogens is 236 g/mol. The largest absolute Gasteiger partial charge is 0.381 e. The predicted octanol–water partition coefficient (Wildman–Crippen LogP) is 0.624. The Kier molecular flexibility index (Phi) is 5.61. The highest BCUT2D eigenvalue weighted by Gasteiger charge is 2.18. The van der Waals surface area contributed by atoms with E-state index >= 15 is 0 Å². The third-order valence-corrected chi connectivity index (χ3v) is 4.46. The Morgan fingerprint density at radius 2 is 2.47 bits per heavy atom. The zero-order valence-electron chi connectivity index (χ0n) is 10.2. The maximum Gasteiger partial charge on any atom is 0.221 e.